The quantitative estimate of drug-likeness (QED) is 0.540. The molecule has 1 atom stereocenters. The van der Waals surface area contributed by atoms with Gasteiger partial charge in [0.1, 0.15) is 5.60 Å². The second-order valence-electron chi connectivity index (χ2n) is 10.6. The number of nitrogens with zero attached hydrogens (tertiary/aromatic N) is 2. The van der Waals surface area contributed by atoms with Crippen LogP contribution in [0.25, 0.3) is 10.1 Å². The van der Waals surface area contributed by atoms with Crippen LogP contribution in [0.4, 0.5) is 0 Å². The van der Waals surface area contributed by atoms with Gasteiger partial charge in [0.2, 0.25) is 5.91 Å². The first kappa shape index (κ1) is 24.2. The first-order chi connectivity index (χ1) is 15.8. The van der Waals surface area contributed by atoms with Gasteiger partial charge >= 0.3 is 5.97 Å². The van der Waals surface area contributed by atoms with Gasteiger partial charge < -0.3 is 14.5 Å². The zero-order chi connectivity index (χ0) is 23.4. The molecule has 2 aliphatic rings. The highest BCUT2D eigenvalue weighted by molar-refractivity contribution is 7.17. The zero-order valence-corrected chi connectivity index (χ0v) is 21.2. The Kier molecular flexibility index (Phi) is 7.75. The Bertz CT molecular complexity index is 950. The van der Waals surface area contributed by atoms with E-state index in [9.17, 15) is 9.59 Å². The van der Waals surface area contributed by atoms with Crippen molar-refractivity contribution in [2.75, 3.05) is 26.2 Å². The highest BCUT2D eigenvalue weighted by atomic mass is 32.1. The van der Waals surface area contributed by atoms with Crippen LogP contribution in [0.1, 0.15) is 64.9 Å². The Morgan fingerprint density at radius 2 is 1.76 bits per heavy atom. The summed E-state index contributed by atoms with van der Waals surface area (Å²) in [6.45, 7) is 9.64. The van der Waals surface area contributed by atoms with Crippen LogP contribution >= 0.6 is 11.3 Å². The maximum Gasteiger partial charge on any atom is 0.310 e. The van der Waals surface area contributed by atoms with E-state index in [0.717, 1.165) is 31.5 Å². The van der Waals surface area contributed by atoms with Crippen LogP contribution in [-0.2, 0) is 20.7 Å². The van der Waals surface area contributed by atoms with Gasteiger partial charge in [0.25, 0.3) is 0 Å². The lowest BCUT2D eigenvalue weighted by atomic mass is 9.94. The van der Waals surface area contributed by atoms with Crippen molar-refractivity contribution in [3.05, 3.63) is 35.2 Å². The van der Waals surface area contributed by atoms with Gasteiger partial charge in [-0.2, -0.15) is 0 Å². The molecule has 5 nitrogen and oxygen atoms in total. The van der Waals surface area contributed by atoms with Gasteiger partial charge in [-0.3, -0.25) is 9.59 Å². The molecule has 1 unspecified atom stereocenters. The molecule has 0 aliphatic carbocycles. The second kappa shape index (κ2) is 10.6. The lowest BCUT2D eigenvalue weighted by Gasteiger charge is -2.40. The van der Waals surface area contributed by atoms with Crippen LogP contribution in [0.5, 0.6) is 0 Å². The van der Waals surface area contributed by atoms with Gasteiger partial charge in [-0.1, -0.05) is 24.6 Å². The predicted octanol–water partition coefficient (Wildman–Crippen LogP) is 5.27. The third kappa shape index (κ3) is 6.36. The molecule has 2 aliphatic heterocycles. The van der Waals surface area contributed by atoms with Crippen molar-refractivity contribution < 1.29 is 14.3 Å². The van der Waals surface area contributed by atoms with Crippen molar-refractivity contribution in [2.45, 2.75) is 77.4 Å². The second-order valence-corrected chi connectivity index (χ2v) is 11.5. The number of benzene rings is 1. The minimum Gasteiger partial charge on any atom is -0.460 e. The van der Waals surface area contributed by atoms with E-state index in [4.69, 9.17) is 4.74 Å². The number of carbonyl (C=O) groups excluding carboxylic acids is 2. The molecule has 3 heterocycles. The fraction of sp³-hybridized carbons (Fsp3) is 0.630. The first-order valence-corrected chi connectivity index (χ1v) is 13.4. The molecule has 2 aromatic rings. The molecule has 1 aromatic carbocycles. The molecule has 1 amide bonds. The molecule has 0 radical (unpaired) electrons. The number of likely N-dealkylation sites (tertiary alicyclic amines) is 2. The van der Waals surface area contributed by atoms with Crippen molar-refractivity contribution in [1.82, 2.24) is 9.80 Å². The topological polar surface area (TPSA) is 49.9 Å². The van der Waals surface area contributed by atoms with Crippen molar-refractivity contribution in [2.24, 2.45) is 5.92 Å². The number of amides is 1. The fourth-order valence-electron chi connectivity index (χ4n) is 5.18. The molecular weight excluding hydrogens is 432 g/mol. The maximum atomic E-state index is 13.3. The summed E-state index contributed by atoms with van der Waals surface area (Å²) in [4.78, 5) is 31.0. The molecule has 0 bridgehead atoms. The summed E-state index contributed by atoms with van der Waals surface area (Å²) < 4.78 is 6.94. The van der Waals surface area contributed by atoms with Crippen LogP contribution in [0.15, 0.2) is 29.6 Å². The first-order valence-electron chi connectivity index (χ1n) is 12.5. The van der Waals surface area contributed by atoms with Crippen LogP contribution in [0.2, 0.25) is 0 Å². The average molecular weight is 471 g/mol. The van der Waals surface area contributed by atoms with Crippen molar-refractivity contribution >= 4 is 33.3 Å². The largest absolute Gasteiger partial charge is 0.460 e. The van der Waals surface area contributed by atoms with Gasteiger partial charge in [-0.15, -0.1) is 11.3 Å². The Balaban J connectivity index is 1.41. The number of rotatable bonds is 6. The third-order valence-corrected chi connectivity index (χ3v) is 7.93. The minimum atomic E-state index is -0.568. The monoisotopic (exact) mass is 470 g/mol. The summed E-state index contributed by atoms with van der Waals surface area (Å²) in [5.41, 5.74) is 0.560. The molecule has 33 heavy (non-hydrogen) atoms. The standard InChI is InChI=1S/C27H38N2O3S/c1-27(2,3)32-26(31)20(17-21-19-33-24-10-6-5-9-23(21)24)18-25(30)29-15-11-22(12-16-29)28-13-7-4-8-14-28/h5-6,9-10,19-20,22H,4,7-8,11-18H2,1-3H3. The minimum absolute atomic E-state index is 0.0856. The molecular formula is C27H38N2O3S. The predicted molar refractivity (Wildman–Crippen MR) is 135 cm³/mol. The lowest BCUT2D eigenvalue weighted by Crippen LogP contribution is -2.48. The van der Waals surface area contributed by atoms with E-state index in [0.29, 0.717) is 12.5 Å². The van der Waals surface area contributed by atoms with Gasteiger partial charge in [0.05, 0.1) is 5.92 Å². The van der Waals surface area contributed by atoms with Crippen LogP contribution in [0, 0.1) is 5.92 Å². The molecule has 2 saturated heterocycles. The number of carbonyl (C=O) groups is 2. The van der Waals surface area contributed by atoms with Crippen molar-refractivity contribution in [1.29, 1.82) is 0 Å². The Morgan fingerprint density at radius 3 is 2.45 bits per heavy atom. The normalized spacial score (nSPS) is 19.5. The van der Waals surface area contributed by atoms with Crippen LogP contribution < -0.4 is 0 Å². The Labute approximate surface area is 202 Å². The SMILES string of the molecule is CC(C)(C)OC(=O)C(CC(=O)N1CCC(N2CCCCC2)CC1)Cc1csc2ccccc12. The molecule has 180 valence electrons. The fourth-order valence-corrected chi connectivity index (χ4v) is 6.16. The van der Waals surface area contributed by atoms with E-state index in [2.05, 4.69) is 22.4 Å². The van der Waals surface area contributed by atoms with Crippen LogP contribution in [0.3, 0.4) is 0 Å². The smallest absolute Gasteiger partial charge is 0.310 e. The van der Waals surface area contributed by atoms with E-state index in [1.54, 1.807) is 11.3 Å². The third-order valence-electron chi connectivity index (χ3n) is 6.91. The van der Waals surface area contributed by atoms with E-state index in [1.165, 1.54) is 42.4 Å². The number of thiophene rings is 1. The van der Waals surface area contributed by atoms with Crippen molar-refractivity contribution in [3.63, 3.8) is 0 Å². The van der Waals surface area contributed by atoms with E-state index in [-0.39, 0.29) is 18.3 Å². The summed E-state index contributed by atoms with van der Waals surface area (Å²) in [5.74, 6) is -0.647. The lowest BCUT2D eigenvalue weighted by molar-refractivity contribution is -0.162. The molecule has 6 heteroatoms. The molecule has 0 saturated carbocycles. The highest BCUT2D eigenvalue weighted by Crippen LogP contribution is 2.30. The van der Waals surface area contributed by atoms with E-state index >= 15 is 0 Å². The zero-order valence-electron chi connectivity index (χ0n) is 20.3. The van der Waals surface area contributed by atoms with Crippen molar-refractivity contribution in [3.8, 4) is 0 Å². The van der Waals surface area contributed by atoms with Gasteiger partial charge in [0.15, 0.2) is 0 Å². The van der Waals surface area contributed by atoms with E-state index in [1.807, 2.05) is 37.8 Å². The number of ether oxygens (including phenoxy) is 1. The average Bonchev–Trinajstić information content (AvgIpc) is 3.21. The molecule has 0 spiro atoms. The maximum absolute atomic E-state index is 13.3. The summed E-state index contributed by atoms with van der Waals surface area (Å²) in [6.07, 6.45) is 6.78. The van der Waals surface area contributed by atoms with E-state index < -0.39 is 11.5 Å². The van der Waals surface area contributed by atoms with Gasteiger partial charge in [-0.25, -0.2) is 0 Å². The molecule has 4 rings (SSSR count). The molecule has 1 aromatic heterocycles. The van der Waals surface area contributed by atoms with Gasteiger partial charge in [-0.05, 0) is 88.4 Å². The molecule has 0 N–H and O–H groups in total. The Morgan fingerprint density at radius 1 is 1.06 bits per heavy atom. The molecule has 2 fully saturated rings. The summed E-state index contributed by atoms with van der Waals surface area (Å²) in [7, 11) is 0. The number of piperidine rings is 2. The van der Waals surface area contributed by atoms with Crippen LogP contribution in [-0.4, -0.2) is 59.5 Å². The van der Waals surface area contributed by atoms with Gasteiger partial charge in [0, 0.05) is 30.3 Å². The summed E-state index contributed by atoms with van der Waals surface area (Å²) in [5, 5.41) is 3.29. The number of esters is 1. The highest BCUT2D eigenvalue weighted by Gasteiger charge is 2.32. The Hall–Kier alpha value is -1.92. The summed E-state index contributed by atoms with van der Waals surface area (Å²) >= 11 is 1.69. The number of hydrogen-bond acceptors (Lipinski definition) is 5. The summed E-state index contributed by atoms with van der Waals surface area (Å²) in [6, 6.07) is 8.86. The number of fused-ring (bicyclic) bond motifs is 1. The number of hydrogen-bond donors (Lipinski definition) is 0.